The summed E-state index contributed by atoms with van der Waals surface area (Å²) in [6.07, 6.45) is -0.224. The van der Waals surface area contributed by atoms with Crippen molar-refractivity contribution in [3.63, 3.8) is 0 Å². The van der Waals surface area contributed by atoms with Crippen molar-refractivity contribution >= 4 is 29.1 Å². The molecule has 0 unspecified atom stereocenters. The van der Waals surface area contributed by atoms with E-state index < -0.39 is 16.9 Å². The number of nitrogens with zero attached hydrogens (tertiary/aromatic N) is 1. The molecule has 2 N–H and O–H groups in total. The maximum atomic E-state index is 11.8. The summed E-state index contributed by atoms with van der Waals surface area (Å²) in [5, 5.41) is 15.7. The third-order valence-corrected chi connectivity index (χ3v) is 2.93. The average molecular weight is 300 g/mol. The zero-order chi connectivity index (χ0) is 15.3. The van der Waals surface area contributed by atoms with Crippen molar-refractivity contribution in [3.05, 3.63) is 38.9 Å². The molecule has 8 heteroatoms. The average Bonchev–Trinajstić information content (AvgIpc) is 2.36. The number of carbonyl (C=O) groups is 2. The van der Waals surface area contributed by atoms with Crippen LogP contribution in [0.1, 0.15) is 12.5 Å². The topological polar surface area (TPSA) is 101 Å². The summed E-state index contributed by atoms with van der Waals surface area (Å²) in [6.45, 7) is 1.52. The van der Waals surface area contributed by atoms with Gasteiger partial charge in [0, 0.05) is 12.6 Å². The number of para-hydroxylation sites is 1. The predicted molar refractivity (Wildman–Crippen MR) is 73.5 cm³/mol. The fraction of sp³-hybridized carbons (Fsp3) is 0.333. The molecular formula is C12H14ClN3O4. The van der Waals surface area contributed by atoms with Gasteiger partial charge in [-0.15, -0.1) is 0 Å². The Kier molecular flexibility index (Phi) is 5.45. The van der Waals surface area contributed by atoms with Gasteiger partial charge in [-0.1, -0.05) is 23.7 Å². The molecule has 0 bridgehead atoms. The van der Waals surface area contributed by atoms with Gasteiger partial charge in [0.05, 0.1) is 11.3 Å². The minimum atomic E-state index is -0.717. The van der Waals surface area contributed by atoms with Gasteiger partial charge in [-0.25, -0.2) is 0 Å². The molecule has 1 rings (SSSR count). The van der Waals surface area contributed by atoms with Crippen LogP contribution in [0.15, 0.2) is 18.2 Å². The third kappa shape index (κ3) is 3.92. The van der Waals surface area contributed by atoms with Crippen molar-refractivity contribution < 1.29 is 14.5 Å². The van der Waals surface area contributed by atoms with E-state index in [4.69, 9.17) is 11.6 Å². The van der Waals surface area contributed by atoms with E-state index in [9.17, 15) is 19.7 Å². The number of nitrogens with one attached hydrogen (secondary N) is 2. The molecule has 0 saturated heterocycles. The number of rotatable bonds is 5. The molecule has 0 heterocycles. The van der Waals surface area contributed by atoms with Gasteiger partial charge in [-0.05, 0) is 13.0 Å². The first-order chi connectivity index (χ1) is 9.36. The fourth-order valence-corrected chi connectivity index (χ4v) is 1.92. The summed E-state index contributed by atoms with van der Waals surface area (Å²) < 4.78 is 0. The van der Waals surface area contributed by atoms with Crippen molar-refractivity contribution in [2.75, 3.05) is 7.05 Å². The molecule has 0 aliphatic heterocycles. The molecule has 20 heavy (non-hydrogen) atoms. The Morgan fingerprint density at radius 3 is 2.65 bits per heavy atom. The number of halogens is 1. The van der Waals surface area contributed by atoms with Gasteiger partial charge in [-0.2, -0.15) is 0 Å². The number of hydrogen-bond donors (Lipinski definition) is 2. The van der Waals surface area contributed by atoms with Crippen molar-refractivity contribution in [1.29, 1.82) is 0 Å². The number of amides is 2. The van der Waals surface area contributed by atoms with Gasteiger partial charge in [0.2, 0.25) is 11.8 Å². The second kappa shape index (κ2) is 6.85. The Labute approximate surface area is 120 Å². The molecule has 0 aromatic heterocycles. The summed E-state index contributed by atoms with van der Waals surface area (Å²) in [4.78, 5) is 33.3. The van der Waals surface area contributed by atoms with Crippen LogP contribution in [0, 0.1) is 10.1 Å². The molecule has 0 aliphatic carbocycles. The smallest absolute Gasteiger partial charge is 0.291 e. The molecule has 108 valence electrons. The monoisotopic (exact) mass is 299 g/mol. The van der Waals surface area contributed by atoms with Crippen LogP contribution >= 0.6 is 11.6 Å². The molecule has 0 aliphatic rings. The van der Waals surface area contributed by atoms with Crippen molar-refractivity contribution in [1.82, 2.24) is 10.6 Å². The summed E-state index contributed by atoms with van der Waals surface area (Å²) in [6, 6.07) is 3.65. The van der Waals surface area contributed by atoms with Crippen LogP contribution in [-0.4, -0.2) is 29.8 Å². The van der Waals surface area contributed by atoms with Crippen LogP contribution in [0.2, 0.25) is 5.02 Å². The number of carbonyl (C=O) groups excluding carboxylic acids is 2. The molecule has 1 aromatic carbocycles. The van der Waals surface area contributed by atoms with E-state index in [0.29, 0.717) is 0 Å². The van der Waals surface area contributed by atoms with Crippen LogP contribution in [-0.2, 0) is 16.0 Å². The van der Waals surface area contributed by atoms with E-state index in [1.54, 1.807) is 0 Å². The number of hydrogen-bond acceptors (Lipinski definition) is 4. The highest BCUT2D eigenvalue weighted by Gasteiger charge is 2.21. The number of benzene rings is 1. The van der Waals surface area contributed by atoms with E-state index in [2.05, 4.69) is 10.6 Å². The molecule has 1 atom stereocenters. The Morgan fingerprint density at radius 2 is 2.10 bits per heavy atom. The van der Waals surface area contributed by atoms with Crippen LogP contribution in [0.5, 0.6) is 0 Å². The number of likely N-dealkylation sites (N-methyl/N-ethyl adjacent to an activating group) is 1. The molecule has 1 aromatic rings. The van der Waals surface area contributed by atoms with Crippen LogP contribution < -0.4 is 10.6 Å². The van der Waals surface area contributed by atoms with E-state index in [-0.39, 0.29) is 28.6 Å². The van der Waals surface area contributed by atoms with E-state index in [1.807, 2.05) is 0 Å². The lowest BCUT2D eigenvalue weighted by Gasteiger charge is -2.12. The standard InChI is InChI=1S/C12H14ClN3O4/c1-7(12(18)14-2)15-10(17)6-8-4-3-5-9(13)11(8)16(19)20/h3-5,7H,6H2,1-2H3,(H,14,18)(H,15,17)/t7-/m0/s1. The lowest BCUT2D eigenvalue weighted by molar-refractivity contribution is -0.385. The van der Waals surface area contributed by atoms with Gasteiger partial charge >= 0.3 is 0 Å². The molecule has 2 amide bonds. The Hall–Kier alpha value is -2.15. The first-order valence-electron chi connectivity index (χ1n) is 5.79. The molecule has 0 radical (unpaired) electrons. The number of nitro benzene ring substituents is 1. The van der Waals surface area contributed by atoms with Gasteiger partial charge in [0.1, 0.15) is 11.1 Å². The molecule has 7 nitrogen and oxygen atoms in total. The SMILES string of the molecule is CNC(=O)[C@H](C)NC(=O)Cc1cccc(Cl)c1[N+](=O)[O-]. The van der Waals surface area contributed by atoms with E-state index in [1.165, 1.54) is 32.2 Å². The van der Waals surface area contributed by atoms with E-state index >= 15 is 0 Å². The van der Waals surface area contributed by atoms with Gasteiger partial charge in [0.15, 0.2) is 0 Å². The zero-order valence-electron chi connectivity index (χ0n) is 11.0. The first-order valence-corrected chi connectivity index (χ1v) is 6.17. The number of nitro groups is 1. The zero-order valence-corrected chi connectivity index (χ0v) is 11.7. The lowest BCUT2D eigenvalue weighted by Crippen LogP contribution is -2.44. The minimum absolute atomic E-state index is 0.0281. The van der Waals surface area contributed by atoms with Crippen molar-refractivity contribution in [2.24, 2.45) is 0 Å². The molecule has 0 fully saturated rings. The highest BCUT2D eigenvalue weighted by atomic mass is 35.5. The predicted octanol–water partition coefficient (Wildman–Crippen LogP) is 1.04. The first kappa shape index (κ1) is 15.9. The second-order valence-corrected chi connectivity index (χ2v) is 4.49. The van der Waals surface area contributed by atoms with Gasteiger partial charge in [0.25, 0.3) is 5.69 Å². The van der Waals surface area contributed by atoms with Crippen molar-refractivity contribution in [2.45, 2.75) is 19.4 Å². The molecule has 0 spiro atoms. The normalized spacial score (nSPS) is 11.6. The highest BCUT2D eigenvalue weighted by molar-refractivity contribution is 6.32. The largest absolute Gasteiger partial charge is 0.357 e. The molecular weight excluding hydrogens is 286 g/mol. The summed E-state index contributed by atoms with van der Waals surface area (Å²) in [7, 11) is 1.45. The Morgan fingerprint density at radius 1 is 1.45 bits per heavy atom. The van der Waals surface area contributed by atoms with Crippen LogP contribution in [0.25, 0.3) is 0 Å². The summed E-state index contributed by atoms with van der Waals surface area (Å²) >= 11 is 5.75. The highest BCUT2D eigenvalue weighted by Crippen LogP contribution is 2.28. The van der Waals surface area contributed by atoms with Gasteiger partial charge < -0.3 is 10.6 Å². The fourth-order valence-electron chi connectivity index (χ4n) is 1.65. The quantitative estimate of drug-likeness (QED) is 0.626. The van der Waals surface area contributed by atoms with Crippen LogP contribution in [0.3, 0.4) is 0 Å². The van der Waals surface area contributed by atoms with Gasteiger partial charge in [-0.3, -0.25) is 19.7 Å². The Balaban J connectivity index is 2.84. The maximum absolute atomic E-state index is 11.8. The summed E-state index contributed by atoms with van der Waals surface area (Å²) in [5.41, 5.74) is -0.0963. The second-order valence-electron chi connectivity index (χ2n) is 4.08. The van der Waals surface area contributed by atoms with Crippen LogP contribution in [0.4, 0.5) is 5.69 Å². The Bertz CT molecular complexity index is 548. The minimum Gasteiger partial charge on any atom is -0.357 e. The summed E-state index contributed by atoms with van der Waals surface area (Å²) in [5.74, 6) is -0.842. The van der Waals surface area contributed by atoms with Crippen molar-refractivity contribution in [3.8, 4) is 0 Å². The lowest BCUT2D eigenvalue weighted by atomic mass is 10.1. The van der Waals surface area contributed by atoms with E-state index in [0.717, 1.165) is 0 Å². The maximum Gasteiger partial charge on any atom is 0.291 e. The molecule has 0 saturated carbocycles. The third-order valence-electron chi connectivity index (χ3n) is 2.62.